The van der Waals surface area contributed by atoms with E-state index < -0.39 is 6.10 Å². The molecule has 0 aliphatic rings. The van der Waals surface area contributed by atoms with E-state index >= 15 is 0 Å². The number of allylic oxidation sites excluding steroid dienone is 16. The van der Waals surface area contributed by atoms with Gasteiger partial charge in [0.25, 0.3) is 0 Å². The first-order valence-electron chi connectivity index (χ1n) is 25.2. The minimum Gasteiger partial charge on any atom is -0.462 e. The SMILES string of the molecule is CC/C=C\C/C=C\C/C=C\C/C=C\C/C=C\CCCCCCCCCCCC(=O)OCC(COC(=O)CCCCCCCC)OC(=O)CCCCC/C=C\C/C=C\C/C=C\CC. The lowest BCUT2D eigenvalue weighted by molar-refractivity contribution is -0.167. The molecule has 0 heterocycles. The van der Waals surface area contributed by atoms with Crippen LogP contribution in [0, 0.1) is 0 Å². The number of ether oxygens (including phenoxy) is 3. The number of esters is 3. The van der Waals surface area contributed by atoms with Gasteiger partial charge >= 0.3 is 17.9 Å². The van der Waals surface area contributed by atoms with E-state index in [0.29, 0.717) is 19.3 Å². The second-order valence-corrected chi connectivity index (χ2v) is 16.3. The van der Waals surface area contributed by atoms with Crippen LogP contribution in [0.3, 0.4) is 0 Å². The van der Waals surface area contributed by atoms with Crippen molar-refractivity contribution in [3.8, 4) is 0 Å². The Bertz CT molecular complexity index is 1260. The smallest absolute Gasteiger partial charge is 0.306 e. The van der Waals surface area contributed by atoms with Crippen LogP contribution in [0.1, 0.15) is 220 Å². The molecule has 0 saturated heterocycles. The van der Waals surface area contributed by atoms with E-state index in [4.69, 9.17) is 14.2 Å². The Balaban J connectivity index is 4.19. The Hall–Kier alpha value is -3.67. The van der Waals surface area contributed by atoms with Gasteiger partial charge in [-0.05, 0) is 96.3 Å². The lowest BCUT2D eigenvalue weighted by Gasteiger charge is -2.18. The summed E-state index contributed by atoms with van der Waals surface area (Å²) in [6, 6.07) is 0. The van der Waals surface area contributed by atoms with Gasteiger partial charge in [0.05, 0.1) is 0 Å². The molecule has 0 N–H and O–H groups in total. The van der Waals surface area contributed by atoms with E-state index in [9.17, 15) is 14.4 Å². The van der Waals surface area contributed by atoms with Gasteiger partial charge in [-0.25, -0.2) is 0 Å². The molecule has 0 aromatic heterocycles. The van der Waals surface area contributed by atoms with E-state index in [0.717, 1.165) is 122 Å². The van der Waals surface area contributed by atoms with Gasteiger partial charge in [0.1, 0.15) is 13.2 Å². The van der Waals surface area contributed by atoms with Crippen LogP contribution in [-0.2, 0) is 28.6 Å². The third kappa shape index (κ3) is 47.4. The normalized spacial score (nSPS) is 12.9. The van der Waals surface area contributed by atoms with E-state index in [1.807, 2.05) is 0 Å². The van der Waals surface area contributed by atoms with Crippen molar-refractivity contribution >= 4 is 17.9 Å². The number of unbranched alkanes of at least 4 members (excludes halogenated alkanes) is 17. The quantitative estimate of drug-likeness (QED) is 0.0263. The molecule has 6 heteroatoms. The number of hydrogen-bond donors (Lipinski definition) is 0. The molecule has 0 aromatic rings. The third-order valence-electron chi connectivity index (χ3n) is 10.3. The summed E-state index contributed by atoms with van der Waals surface area (Å²) >= 11 is 0. The highest BCUT2D eigenvalue weighted by atomic mass is 16.6. The molecular weight excluding hydrogens is 769 g/mol. The first kappa shape index (κ1) is 58.3. The molecule has 1 atom stereocenters. The van der Waals surface area contributed by atoms with Crippen molar-refractivity contribution < 1.29 is 28.6 Å². The predicted octanol–water partition coefficient (Wildman–Crippen LogP) is 16.6. The van der Waals surface area contributed by atoms with Gasteiger partial charge < -0.3 is 14.2 Å². The Labute approximate surface area is 381 Å². The van der Waals surface area contributed by atoms with Crippen molar-refractivity contribution in [2.24, 2.45) is 0 Å². The van der Waals surface area contributed by atoms with Gasteiger partial charge in [0.15, 0.2) is 6.10 Å². The number of carbonyl (C=O) groups is 3. The number of carbonyl (C=O) groups excluding carboxylic acids is 3. The summed E-state index contributed by atoms with van der Waals surface area (Å²) in [5, 5.41) is 0. The molecule has 0 rings (SSSR count). The standard InChI is InChI=1S/C56H92O6/c1-4-7-10-13-16-18-20-22-23-24-25-26-27-28-29-30-31-32-33-35-36-38-40-43-46-49-55(58)61-52-53(51-60-54(57)48-45-42-15-12-9-6-3)62-56(59)50-47-44-41-39-37-34-21-19-17-14-11-8-5-2/h7-8,10-11,16-19,22-23,25-26,28-29,34,37,53H,4-6,9,12-15,20-21,24,27,30-33,35-36,38-52H2,1-3H3/b10-7-,11-8-,18-16-,19-17-,23-22-,26-25-,29-28-,37-34-. The molecule has 1 unspecified atom stereocenters. The first-order chi connectivity index (χ1) is 30.5. The molecule has 0 saturated carbocycles. The summed E-state index contributed by atoms with van der Waals surface area (Å²) in [4.78, 5) is 37.7. The maximum Gasteiger partial charge on any atom is 0.306 e. The Morgan fingerprint density at radius 2 is 0.629 bits per heavy atom. The highest BCUT2D eigenvalue weighted by Gasteiger charge is 2.19. The predicted molar refractivity (Wildman–Crippen MR) is 265 cm³/mol. The van der Waals surface area contributed by atoms with Gasteiger partial charge in [-0.3, -0.25) is 14.4 Å². The van der Waals surface area contributed by atoms with Crippen molar-refractivity contribution in [2.45, 2.75) is 226 Å². The summed E-state index contributed by atoms with van der Waals surface area (Å²) < 4.78 is 16.6. The van der Waals surface area contributed by atoms with Gasteiger partial charge in [-0.2, -0.15) is 0 Å². The molecule has 0 aliphatic heterocycles. The molecule has 6 nitrogen and oxygen atoms in total. The summed E-state index contributed by atoms with van der Waals surface area (Å²) in [5.41, 5.74) is 0. The van der Waals surface area contributed by atoms with E-state index in [1.165, 1.54) is 57.8 Å². The largest absolute Gasteiger partial charge is 0.462 e. The van der Waals surface area contributed by atoms with Crippen molar-refractivity contribution in [2.75, 3.05) is 13.2 Å². The summed E-state index contributed by atoms with van der Waals surface area (Å²) in [7, 11) is 0. The highest BCUT2D eigenvalue weighted by molar-refractivity contribution is 5.71. The molecule has 0 spiro atoms. The third-order valence-corrected chi connectivity index (χ3v) is 10.3. The molecule has 0 bridgehead atoms. The number of hydrogen-bond acceptors (Lipinski definition) is 6. The van der Waals surface area contributed by atoms with Crippen LogP contribution in [0.4, 0.5) is 0 Å². The zero-order chi connectivity index (χ0) is 45.1. The Morgan fingerprint density at radius 1 is 0.339 bits per heavy atom. The van der Waals surface area contributed by atoms with Gasteiger partial charge in [-0.15, -0.1) is 0 Å². The van der Waals surface area contributed by atoms with E-state index in [1.54, 1.807) is 0 Å². The van der Waals surface area contributed by atoms with Crippen molar-refractivity contribution in [3.05, 3.63) is 97.2 Å². The van der Waals surface area contributed by atoms with E-state index in [2.05, 4.69) is 118 Å². The minimum absolute atomic E-state index is 0.0921. The van der Waals surface area contributed by atoms with Gasteiger partial charge in [-0.1, -0.05) is 201 Å². The van der Waals surface area contributed by atoms with Crippen LogP contribution in [-0.4, -0.2) is 37.2 Å². The monoisotopic (exact) mass is 861 g/mol. The van der Waals surface area contributed by atoms with Crippen LogP contribution >= 0.6 is 0 Å². The molecule has 0 amide bonds. The first-order valence-corrected chi connectivity index (χ1v) is 25.2. The highest BCUT2D eigenvalue weighted by Crippen LogP contribution is 2.14. The molecular formula is C56H92O6. The fourth-order valence-electron chi connectivity index (χ4n) is 6.60. The topological polar surface area (TPSA) is 78.9 Å². The maximum atomic E-state index is 12.7. The van der Waals surface area contributed by atoms with Gasteiger partial charge in [0, 0.05) is 19.3 Å². The van der Waals surface area contributed by atoms with Crippen molar-refractivity contribution in [1.29, 1.82) is 0 Å². The molecule has 0 aliphatic carbocycles. The second kappa shape index (κ2) is 50.0. The van der Waals surface area contributed by atoms with Crippen LogP contribution < -0.4 is 0 Å². The minimum atomic E-state index is -0.791. The van der Waals surface area contributed by atoms with Crippen LogP contribution in [0.2, 0.25) is 0 Å². The average molecular weight is 861 g/mol. The summed E-state index contributed by atoms with van der Waals surface area (Å²) in [5.74, 6) is -0.943. The summed E-state index contributed by atoms with van der Waals surface area (Å²) in [6.45, 7) is 6.30. The van der Waals surface area contributed by atoms with Crippen LogP contribution in [0.15, 0.2) is 97.2 Å². The maximum absolute atomic E-state index is 12.7. The molecule has 0 fully saturated rings. The zero-order valence-corrected chi connectivity index (χ0v) is 40.1. The van der Waals surface area contributed by atoms with Crippen LogP contribution in [0.5, 0.6) is 0 Å². The van der Waals surface area contributed by atoms with E-state index in [-0.39, 0.29) is 31.1 Å². The fourth-order valence-corrected chi connectivity index (χ4v) is 6.60. The molecule has 352 valence electrons. The van der Waals surface area contributed by atoms with Crippen molar-refractivity contribution in [1.82, 2.24) is 0 Å². The summed E-state index contributed by atoms with van der Waals surface area (Å²) in [6.07, 6.45) is 65.7. The lowest BCUT2D eigenvalue weighted by Crippen LogP contribution is -2.30. The van der Waals surface area contributed by atoms with Crippen molar-refractivity contribution in [3.63, 3.8) is 0 Å². The Morgan fingerprint density at radius 3 is 1.00 bits per heavy atom. The second-order valence-electron chi connectivity index (χ2n) is 16.3. The molecule has 0 aromatic carbocycles. The zero-order valence-electron chi connectivity index (χ0n) is 40.1. The fraction of sp³-hybridized carbons (Fsp3) is 0.661. The molecule has 0 radical (unpaired) electrons. The van der Waals surface area contributed by atoms with Gasteiger partial charge in [0.2, 0.25) is 0 Å². The van der Waals surface area contributed by atoms with Crippen LogP contribution in [0.25, 0.3) is 0 Å². The lowest BCUT2D eigenvalue weighted by atomic mass is 10.1. The Kier molecular flexibility index (Phi) is 47.0. The number of rotatable bonds is 44. The molecule has 62 heavy (non-hydrogen) atoms. The average Bonchev–Trinajstić information content (AvgIpc) is 3.27.